The van der Waals surface area contributed by atoms with Crippen LogP contribution >= 0.6 is 0 Å². The maximum atomic E-state index is 6.09. The number of ether oxygens (including phenoxy) is 1. The number of imidazole rings is 1. The summed E-state index contributed by atoms with van der Waals surface area (Å²) < 4.78 is 7.30. The van der Waals surface area contributed by atoms with Crippen LogP contribution in [-0.4, -0.2) is 22.8 Å². The van der Waals surface area contributed by atoms with Crippen LogP contribution in [-0.2, 0) is 11.8 Å². The molecule has 0 saturated carbocycles. The summed E-state index contributed by atoms with van der Waals surface area (Å²) in [5.74, 6) is 1.25. The van der Waals surface area contributed by atoms with Gasteiger partial charge in [-0.05, 0) is 5.92 Å². The molecule has 2 N–H and O–H groups in total. The second kappa shape index (κ2) is 4.57. The third-order valence-corrected chi connectivity index (χ3v) is 2.44. The molecule has 0 bridgehead atoms. The summed E-state index contributed by atoms with van der Waals surface area (Å²) in [6.45, 7) is 4.19. The highest BCUT2D eigenvalue weighted by atomic mass is 16.5. The lowest BCUT2D eigenvalue weighted by molar-refractivity contribution is 0.0408. The smallest absolute Gasteiger partial charge is 0.128 e. The first-order chi connectivity index (χ1) is 6.57. The number of hydrogen-bond acceptors (Lipinski definition) is 3. The topological polar surface area (TPSA) is 53.1 Å². The molecule has 4 nitrogen and oxygen atoms in total. The number of rotatable bonds is 4. The Bertz CT molecular complexity index is 283. The Labute approximate surface area is 85.1 Å². The summed E-state index contributed by atoms with van der Waals surface area (Å²) in [5, 5.41) is 0. The van der Waals surface area contributed by atoms with Gasteiger partial charge in [-0.1, -0.05) is 13.8 Å². The van der Waals surface area contributed by atoms with Crippen LogP contribution in [0.3, 0.4) is 0 Å². The van der Waals surface area contributed by atoms with E-state index in [1.807, 2.05) is 17.8 Å². The van der Waals surface area contributed by atoms with Gasteiger partial charge in [0.15, 0.2) is 0 Å². The maximum absolute atomic E-state index is 6.09. The van der Waals surface area contributed by atoms with E-state index in [0.29, 0.717) is 5.92 Å². The van der Waals surface area contributed by atoms with Gasteiger partial charge in [0.2, 0.25) is 0 Å². The van der Waals surface area contributed by atoms with Gasteiger partial charge in [-0.3, -0.25) is 0 Å². The molecule has 1 heterocycles. The van der Waals surface area contributed by atoms with E-state index in [2.05, 4.69) is 18.8 Å². The van der Waals surface area contributed by atoms with Crippen molar-refractivity contribution in [3.8, 4) is 0 Å². The van der Waals surface area contributed by atoms with Crippen molar-refractivity contribution < 1.29 is 4.74 Å². The fourth-order valence-corrected chi connectivity index (χ4v) is 1.68. The van der Waals surface area contributed by atoms with Crippen molar-refractivity contribution in [3.63, 3.8) is 0 Å². The van der Waals surface area contributed by atoms with Crippen molar-refractivity contribution in [2.45, 2.75) is 26.0 Å². The number of hydrogen-bond donors (Lipinski definition) is 1. The van der Waals surface area contributed by atoms with Crippen molar-refractivity contribution in [1.29, 1.82) is 0 Å². The first-order valence-corrected chi connectivity index (χ1v) is 4.83. The minimum Gasteiger partial charge on any atom is -0.379 e. The molecule has 0 spiro atoms. The van der Waals surface area contributed by atoms with Gasteiger partial charge in [-0.15, -0.1) is 0 Å². The van der Waals surface area contributed by atoms with E-state index >= 15 is 0 Å². The predicted octanol–water partition coefficient (Wildman–Crippen LogP) is 1.09. The highest BCUT2D eigenvalue weighted by molar-refractivity contribution is 5.01. The summed E-state index contributed by atoms with van der Waals surface area (Å²) in [6, 6.07) is -0.167. The third kappa shape index (κ3) is 2.13. The molecule has 14 heavy (non-hydrogen) atoms. The molecule has 80 valence electrons. The van der Waals surface area contributed by atoms with E-state index in [1.165, 1.54) is 0 Å². The quantitative estimate of drug-likeness (QED) is 0.786. The lowest BCUT2D eigenvalue weighted by atomic mass is 9.99. The maximum Gasteiger partial charge on any atom is 0.128 e. The second-order valence-electron chi connectivity index (χ2n) is 3.87. The largest absolute Gasteiger partial charge is 0.379 e. The van der Waals surface area contributed by atoms with Crippen molar-refractivity contribution in [3.05, 3.63) is 18.2 Å². The fourth-order valence-electron chi connectivity index (χ4n) is 1.68. The fraction of sp³-hybridized carbons (Fsp3) is 0.700. The third-order valence-electron chi connectivity index (χ3n) is 2.44. The Morgan fingerprint density at radius 2 is 2.14 bits per heavy atom. The van der Waals surface area contributed by atoms with Crippen LogP contribution in [0.25, 0.3) is 0 Å². The molecule has 0 amide bonds. The lowest BCUT2D eigenvalue weighted by Gasteiger charge is -2.25. The van der Waals surface area contributed by atoms with E-state index in [4.69, 9.17) is 10.5 Å². The number of aromatic nitrogens is 2. The molecular formula is C10H19N3O. The predicted molar refractivity (Wildman–Crippen MR) is 55.8 cm³/mol. The zero-order valence-corrected chi connectivity index (χ0v) is 9.27. The Morgan fingerprint density at radius 3 is 2.50 bits per heavy atom. The number of methoxy groups -OCH3 is 1. The van der Waals surface area contributed by atoms with Crippen molar-refractivity contribution >= 4 is 0 Å². The van der Waals surface area contributed by atoms with Gasteiger partial charge < -0.3 is 15.0 Å². The Morgan fingerprint density at radius 1 is 1.50 bits per heavy atom. The average Bonchev–Trinajstić information content (AvgIpc) is 2.51. The van der Waals surface area contributed by atoms with E-state index in [1.54, 1.807) is 13.3 Å². The van der Waals surface area contributed by atoms with Gasteiger partial charge >= 0.3 is 0 Å². The van der Waals surface area contributed by atoms with Crippen molar-refractivity contribution in [2.24, 2.45) is 18.7 Å². The molecule has 4 heteroatoms. The van der Waals surface area contributed by atoms with Crippen LogP contribution in [0.1, 0.15) is 25.7 Å². The lowest BCUT2D eigenvalue weighted by Crippen LogP contribution is -2.34. The standard InChI is InChI=1S/C10H19N3O/c1-7(2)9(14-4)8(11)10-12-5-6-13(10)3/h5-9H,11H2,1-4H3. The van der Waals surface area contributed by atoms with Gasteiger partial charge in [0, 0.05) is 26.6 Å². The van der Waals surface area contributed by atoms with E-state index in [9.17, 15) is 0 Å². The van der Waals surface area contributed by atoms with Gasteiger partial charge in [0.25, 0.3) is 0 Å². The summed E-state index contributed by atoms with van der Waals surface area (Å²) in [6.07, 6.45) is 3.65. The average molecular weight is 197 g/mol. The zero-order valence-electron chi connectivity index (χ0n) is 9.27. The monoisotopic (exact) mass is 197 g/mol. The second-order valence-corrected chi connectivity index (χ2v) is 3.87. The highest BCUT2D eigenvalue weighted by Crippen LogP contribution is 2.20. The van der Waals surface area contributed by atoms with Crippen molar-refractivity contribution in [2.75, 3.05) is 7.11 Å². The first-order valence-electron chi connectivity index (χ1n) is 4.83. The van der Waals surface area contributed by atoms with Gasteiger partial charge in [0.05, 0.1) is 12.1 Å². The number of aryl methyl sites for hydroxylation is 1. The molecule has 0 aliphatic heterocycles. The molecule has 2 unspecified atom stereocenters. The van der Waals surface area contributed by atoms with Crippen LogP contribution < -0.4 is 5.73 Å². The summed E-state index contributed by atoms with van der Waals surface area (Å²) in [4.78, 5) is 4.22. The van der Waals surface area contributed by atoms with Crippen molar-refractivity contribution in [1.82, 2.24) is 9.55 Å². The molecule has 1 rings (SSSR count). The van der Waals surface area contributed by atoms with Gasteiger partial charge in [0.1, 0.15) is 5.82 Å². The SMILES string of the molecule is COC(C(C)C)C(N)c1nccn1C. The van der Waals surface area contributed by atoms with Gasteiger partial charge in [-0.25, -0.2) is 4.98 Å². The molecule has 2 atom stereocenters. The highest BCUT2D eigenvalue weighted by Gasteiger charge is 2.24. The molecule has 0 aromatic carbocycles. The summed E-state index contributed by atoms with van der Waals surface area (Å²) in [7, 11) is 3.63. The molecule has 1 aromatic rings. The minimum absolute atomic E-state index is 0.0103. The van der Waals surface area contributed by atoms with Crippen LogP contribution in [0, 0.1) is 5.92 Å². The van der Waals surface area contributed by atoms with E-state index in [0.717, 1.165) is 5.82 Å². The molecule has 0 aliphatic rings. The molecule has 0 saturated heterocycles. The van der Waals surface area contributed by atoms with Crippen LogP contribution in [0.4, 0.5) is 0 Å². The van der Waals surface area contributed by atoms with E-state index in [-0.39, 0.29) is 12.1 Å². The Kier molecular flexibility index (Phi) is 3.66. The molecule has 1 aromatic heterocycles. The number of nitrogens with zero attached hydrogens (tertiary/aromatic N) is 2. The van der Waals surface area contributed by atoms with Gasteiger partial charge in [-0.2, -0.15) is 0 Å². The molecular weight excluding hydrogens is 178 g/mol. The number of nitrogens with two attached hydrogens (primary N) is 1. The molecule has 0 radical (unpaired) electrons. The summed E-state index contributed by atoms with van der Waals surface area (Å²) in [5.41, 5.74) is 6.09. The van der Waals surface area contributed by atoms with E-state index < -0.39 is 0 Å². The van der Waals surface area contributed by atoms with Crippen LogP contribution in [0.15, 0.2) is 12.4 Å². The van der Waals surface area contributed by atoms with Crippen LogP contribution in [0.5, 0.6) is 0 Å². The van der Waals surface area contributed by atoms with Crippen LogP contribution in [0.2, 0.25) is 0 Å². The Balaban J connectivity index is 2.83. The normalized spacial score (nSPS) is 15.9. The molecule has 0 fully saturated rings. The summed E-state index contributed by atoms with van der Waals surface area (Å²) >= 11 is 0. The molecule has 0 aliphatic carbocycles. The first kappa shape index (κ1) is 11.2. The Hall–Kier alpha value is -0.870. The zero-order chi connectivity index (χ0) is 10.7. The minimum atomic E-state index is -0.167.